The smallest absolute Gasteiger partial charge is 0.425 e. The SMILES string of the molecule is CCCCN1/C(=C/C=C2\CCCC(/C=C/C3=[N+](CCCS(=O)(=O)[O-])c4ccccc4C3(C)C)=C2Oc2ccc(C[C@H](CC(=O)[C@H](Cc3ccccc3)NC(=O)CCOCCOCCCC(=O)CC[C@H](NC(=O)NCCCC(=O)O)C(=O)O)C(=O)O)cc2)C(C)(C)c2ccccc21.O=C=O.O=S(=O)=O.O=S(=O)=O. The summed E-state index contributed by atoms with van der Waals surface area (Å²) in [6.07, 6.45) is 13.3. The van der Waals surface area contributed by atoms with Crippen molar-refractivity contribution >= 4 is 96.0 Å². The molecule has 4 aromatic carbocycles. The molecule has 3 aliphatic rings. The fraction of sp³-hybridized carbons (Fsp3) is 0.453. The minimum atomic E-state index is -4.43. The van der Waals surface area contributed by atoms with E-state index >= 15 is 0 Å². The van der Waals surface area contributed by atoms with E-state index in [0.717, 1.165) is 65.9 Å². The number of nitrogens with zero attached hydrogens (tertiary/aromatic N) is 2. The summed E-state index contributed by atoms with van der Waals surface area (Å²) in [5.41, 5.74) is 9.27. The summed E-state index contributed by atoms with van der Waals surface area (Å²) in [7, 11) is -10.6. The van der Waals surface area contributed by atoms with Crippen LogP contribution in [0.25, 0.3) is 0 Å². The maximum absolute atomic E-state index is 14.2. The number of benzene rings is 4. The maximum Gasteiger partial charge on any atom is 0.425 e. The molecule has 32 heteroatoms. The van der Waals surface area contributed by atoms with Crippen molar-refractivity contribution < 1.29 is 115 Å². The number of urea groups is 1. The summed E-state index contributed by atoms with van der Waals surface area (Å²) in [5.74, 6) is -5.03. The van der Waals surface area contributed by atoms with Crippen LogP contribution in [0.15, 0.2) is 150 Å². The second-order valence-corrected chi connectivity index (χ2v) is 28.5. The summed E-state index contributed by atoms with van der Waals surface area (Å²) in [6.45, 7) is 12.7. The van der Waals surface area contributed by atoms with Crippen LogP contribution in [0, 0.1) is 5.92 Å². The van der Waals surface area contributed by atoms with Gasteiger partial charge in [0.05, 0.1) is 47.3 Å². The maximum atomic E-state index is 14.2. The third-order valence-corrected chi connectivity index (χ3v) is 18.4. The number of carbonyl (C=O) groups excluding carboxylic acids is 6. The Morgan fingerprint density at radius 2 is 1.29 bits per heavy atom. The van der Waals surface area contributed by atoms with Gasteiger partial charge in [0.2, 0.25) is 11.6 Å². The second-order valence-electron chi connectivity index (χ2n) is 26.1. The average molecular weight is 1540 g/mol. The Bertz CT molecular complexity index is 4240. The second kappa shape index (κ2) is 45.5. The standard InChI is InChI=1S/C74H93N5O16S.CO2.2O3S/c1-6-7-41-78-62-26-13-11-24-58(62)73(2,3)65(78)37-31-53-21-15-22-54(32-38-66-74(4,5)59-25-12-14-27-63(59)79(66)42-18-47-96(90,91)92)69(53)95-57-34-29-52(30-35-57)48-55(70(85)86)50-64(81)61(49-51-19-9-8-10-20-51)76-67(82)39-44-94-46-45-93-43-17-23-56(80)33-36-60(71(87)88)77-72(89)75-40-16-28-68(83)84;2-1-3;2*1-4(2)3/h8-14,19-20,24-27,29-32,34-35,37-38,55,60-61H,6-7,15-18,21-23,28,33,36,39-50H2,1-5H3,(H6-,75,76,77,82,83,84,85,86,87,88,89,90,91,92);;;/t55-,60+,61+;;;/m1.../s1. The minimum Gasteiger partial charge on any atom is -0.748 e. The Hall–Kier alpha value is -9.95. The van der Waals surface area contributed by atoms with Crippen molar-refractivity contribution in [3.63, 3.8) is 0 Å². The molecule has 0 aromatic heterocycles. The van der Waals surface area contributed by atoms with Crippen molar-refractivity contribution in [3.05, 3.63) is 172 Å². The van der Waals surface area contributed by atoms with Gasteiger partial charge in [-0.15, -0.1) is 25.3 Å². The van der Waals surface area contributed by atoms with E-state index in [-0.39, 0.29) is 115 Å². The Labute approximate surface area is 625 Å². The first-order chi connectivity index (χ1) is 50.7. The molecule has 107 heavy (non-hydrogen) atoms. The van der Waals surface area contributed by atoms with Crippen molar-refractivity contribution in [2.75, 3.05) is 56.7 Å². The van der Waals surface area contributed by atoms with Crippen LogP contribution in [0.5, 0.6) is 5.75 Å². The van der Waals surface area contributed by atoms with Crippen LogP contribution < -0.4 is 25.6 Å². The van der Waals surface area contributed by atoms with Gasteiger partial charge in [-0.05, 0) is 130 Å². The monoisotopic (exact) mass is 1540 g/mol. The zero-order valence-corrected chi connectivity index (χ0v) is 62.8. The van der Waals surface area contributed by atoms with Gasteiger partial charge in [0, 0.05) is 98.5 Å². The number of amides is 3. The van der Waals surface area contributed by atoms with Crippen LogP contribution >= 0.6 is 0 Å². The molecular weight excluding hydrogens is 1450 g/mol. The quantitative estimate of drug-likeness (QED) is 0.0139. The number of para-hydroxylation sites is 2. The highest BCUT2D eigenvalue weighted by molar-refractivity contribution is 7.85. The summed E-state index contributed by atoms with van der Waals surface area (Å²) in [6, 6.07) is 29.8. The fourth-order valence-corrected chi connectivity index (χ4v) is 13.0. The molecule has 3 amide bonds. The summed E-state index contributed by atoms with van der Waals surface area (Å²) in [5, 5.41) is 36.3. The van der Waals surface area contributed by atoms with Gasteiger partial charge < -0.3 is 54.9 Å². The molecule has 0 unspecified atom stereocenters. The third kappa shape index (κ3) is 31.2. The van der Waals surface area contributed by atoms with E-state index in [0.29, 0.717) is 36.5 Å². The van der Waals surface area contributed by atoms with Gasteiger partial charge >= 0.3 is 51.3 Å². The zero-order chi connectivity index (χ0) is 79.3. The van der Waals surface area contributed by atoms with Crippen LogP contribution in [0.4, 0.5) is 16.2 Å². The number of aliphatic carboxylic acids is 3. The van der Waals surface area contributed by atoms with Crippen molar-refractivity contribution in [3.8, 4) is 5.75 Å². The van der Waals surface area contributed by atoms with Crippen LogP contribution in [-0.2, 0) is 103 Å². The van der Waals surface area contributed by atoms with E-state index < -0.39 is 96.1 Å². The lowest BCUT2D eigenvalue weighted by Gasteiger charge is -2.27. The van der Waals surface area contributed by atoms with Gasteiger partial charge in [0.1, 0.15) is 29.9 Å². The molecule has 0 saturated carbocycles. The topological polar surface area (TPSA) is 444 Å². The highest BCUT2D eigenvalue weighted by atomic mass is 32.2. The molecule has 0 bridgehead atoms. The first kappa shape index (κ1) is 89.4. The van der Waals surface area contributed by atoms with Gasteiger partial charge in [-0.1, -0.05) is 112 Å². The molecule has 0 saturated heterocycles. The molecular formula is C75H93N5O24S3. The number of anilines is 1. The van der Waals surface area contributed by atoms with Gasteiger partial charge in [0.15, 0.2) is 11.5 Å². The van der Waals surface area contributed by atoms with Gasteiger partial charge in [-0.3, -0.25) is 24.0 Å². The van der Waals surface area contributed by atoms with E-state index in [2.05, 4.69) is 115 Å². The molecule has 0 radical (unpaired) electrons. The molecule has 0 spiro atoms. The molecule has 2 aliphatic heterocycles. The van der Waals surface area contributed by atoms with Gasteiger partial charge in [-0.25, -0.2) is 18.0 Å². The predicted octanol–water partition coefficient (Wildman–Crippen LogP) is 7.99. The number of carbonyl (C=O) groups is 7. The van der Waals surface area contributed by atoms with E-state index in [4.69, 9.17) is 54.2 Å². The normalized spacial score (nSPS) is 15.5. The number of carboxylic acids is 3. The number of rotatable bonds is 40. The lowest BCUT2D eigenvalue weighted by atomic mass is 9.81. The number of fused-ring (bicyclic) bond motifs is 2. The Morgan fingerprint density at radius 1 is 0.673 bits per heavy atom. The molecule has 580 valence electrons. The largest absolute Gasteiger partial charge is 0.748 e. The van der Waals surface area contributed by atoms with Crippen LogP contribution in [-0.4, -0.2) is 175 Å². The Morgan fingerprint density at radius 3 is 1.92 bits per heavy atom. The molecule has 3 atom stereocenters. The number of unbranched alkanes of at least 4 members (excludes halogenated alkanes) is 1. The number of hydrogen-bond donors (Lipinski definition) is 6. The number of ketones is 2. The molecule has 7 rings (SSSR count). The predicted molar refractivity (Wildman–Crippen MR) is 389 cm³/mol. The molecule has 0 fully saturated rings. The first-order valence-electron chi connectivity index (χ1n) is 34.7. The average Bonchev–Trinajstić information content (AvgIpc) is 1.60. The van der Waals surface area contributed by atoms with Crippen molar-refractivity contribution in [1.29, 1.82) is 0 Å². The van der Waals surface area contributed by atoms with Gasteiger partial charge in [0.25, 0.3) is 0 Å². The van der Waals surface area contributed by atoms with E-state index in [9.17, 15) is 56.7 Å². The summed E-state index contributed by atoms with van der Waals surface area (Å²) >= 11 is 0. The Balaban J connectivity index is 0.00000206. The molecule has 1 aliphatic carbocycles. The lowest BCUT2D eigenvalue weighted by molar-refractivity contribution is -0.437. The number of allylic oxidation sites excluding steroid dienone is 7. The summed E-state index contributed by atoms with van der Waals surface area (Å²) < 4.78 is 106. The van der Waals surface area contributed by atoms with E-state index in [1.54, 1.807) is 24.3 Å². The Kier molecular flexibility index (Phi) is 38.1. The molecule has 4 aromatic rings. The zero-order valence-electron chi connectivity index (χ0n) is 60.4. The lowest BCUT2D eigenvalue weighted by Crippen LogP contribution is -2.46. The van der Waals surface area contributed by atoms with Crippen molar-refractivity contribution in [2.45, 2.75) is 160 Å². The summed E-state index contributed by atoms with van der Waals surface area (Å²) in [4.78, 5) is 106. The first-order valence-corrected chi connectivity index (χ1v) is 38.2. The van der Waals surface area contributed by atoms with Gasteiger partial charge in [-0.2, -0.15) is 14.2 Å². The number of ether oxygens (including phenoxy) is 3. The van der Waals surface area contributed by atoms with Crippen molar-refractivity contribution in [2.24, 2.45) is 5.92 Å². The third-order valence-electron chi connectivity index (χ3n) is 17.7. The minimum absolute atomic E-state index is 0.00113. The number of Topliss-reactive ketones (excluding diaryl/α,β-unsaturated/α-hetero) is 2. The molecule has 6 N–H and O–H groups in total. The van der Waals surface area contributed by atoms with Crippen LogP contribution in [0.2, 0.25) is 0 Å². The van der Waals surface area contributed by atoms with Crippen LogP contribution in [0.3, 0.4) is 0 Å². The highest BCUT2D eigenvalue weighted by Crippen LogP contribution is 2.48. The number of hydrogen-bond acceptors (Lipinski definition) is 22. The fourth-order valence-electron chi connectivity index (χ4n) is 12.5. The van der Waals surface area contributed by atoms with Crippen molar-refractivity contribution in [1.82, 2.24) is 16.0 Å². The number of nitrogens with one attached hydrogen (secondary N) is 3. The van der Waals surface area contributed by atoms with E-state index in [1.807, 2.05) is 48.5 Å². The molecule has 2 heterocycles. The van der Waals surface area contributed by atoms with Crippen LogP contribution in [0.1, 0.15) is 147 Å². The highest BCUT2D eigenvalue weighted by Gasteiger charge is 2.44. The van der Waals surface area contributed by atoms with E-state index in [1.165, 1.54) is 16.9 Å². The molecule has 29 nitrogen and oxygen atoms in total. The number of carboxylic acid groups (broad SMARTS) is 3.